The van der Waals surface area contributed by atoms with Gasteiger partial charge in [-0.2, -0.15) is 0 Å². The first kappa shape index (κ1) is 25.7. The molecule has 1 aliphatic heterocycles. The summed E-state index contributed by atoms with van der Waals surface area (Å²) in [5, 5.41) is 1.02. The highest BCUT2D eigenvalue weighted by Gasteiger charge is 2.41. The molecule has 0 unspecified atom stereocenters. The van der Waals surface area contributed by atoms with Crippen LogP contribution in [0.25, 0.3) is 0 Å². The van der Waals surface area contributed by atoms with E-state index in [0.29, 0.717) is 61.3 Å². The Morgan fingerprint density at radius 1 is 1.20 bits per heavy atom. The molecule has 35 heavy (non-hydrogen) atoms. The van der Waals surface area contributed by atoms with E-state index < -0.39 is 11.9 Å². The predicted octanol–water partition coefficient (Wildman–Crippen LogP) is 5.65. The van der Waals surface area contributed by atoms with Crippen LogP contribution < -0.4 is 15.2 Å². The number of hydrogen-bond acceptors (Lipinski definition) is 7. The molecule has 0 bridgehead atoms. The zero-order valence-corrected chi connectivity index (χ0v) is 22.6. The number of hydrogen-bond donors (Lipinski definition) is 1. The summed E-state index contributed by atoms with van der Waals surface area (Å²) in [6.07, 6.45) is 1.58. The molecule has 2 N–H and O–H groups in total. The summed E-state index contributed by atoms with van der Waals surface area (Å²) in [6, 6.07) is 8.75. The lowest BCUT2D eigenvalue weighted by molar-refractivity contribution is -0.136. The maximum absolute atomic E-state index is 13.0. The van der Waals surface area contributed by atoms with Crippen molar-refractivity contribution in [3.05, 3.63) is 77.9 Å². The summed E-state index contributed by atoms with van der Waals surface area (Å²) in [7, 11) is 2.78. The molecule has 0 amide bonds. The van der Waals surface area contributed by atoms with E-state index >= 15 is 0 Å². The average molecular weight is 630 g/mol. The number of rotatable bonds is 6. The van der Waals surface area contributed by atoms with Gasteiger partial charge in [0.2, 0.25) is 5.88 Å². The first-order valence-electron chi connectivity index (χ1n) is 10.7. The van der Waals surface area contributed by atoms with Crippen LogP contribution in [0.3, 0.4) is 0 Å². The van der Waals surface area contributed by atoms with Crippen LogP contribution >= 0.6 is 45.8 Å². The van der Waals surface area contributed by atoms with Crippen molar-refractivity contribution >= 4 is 57.5 Å². The Hall–Kier alpha value is -2.43. The molecule has 4 rings (SSSR count). The Morgan fingerprint density at radius 2 is 1.97 bits per heavy atom. The fourth-order valence-electron chi connectivity index (χ4n) is 4.23. The van der Waals surface area contributed by atoms with E-state index in [4.69, 9.17) is 47.9 Å². The van der Waals surface area contributed by atoms with E-state index in [-0.39, 0.29) is 23.8 Å². The Labute approximate surface area is 226 Å². The minimum atomic E-state index is -0.749. The van der Waals surface area contributed by atoms with E-state index in [1.807, 2.05) is 6.07 Å². The lowest BCUT2D eigenvalue weighted by atomic mass is 9.77. The van der Waals surface area contributed by atoms with Crippen molar-refractivity contribution in [1.82, 2.24) is 0 Å². The first-order valence-corrected chi connectivity index (χ1v) is 12.5. The third-order valence-corrected chi connectivity index (χ3v) is 7.25. The minimum absolute atomic E-state index is 0.0676. The largest absolute Gasteiger partial charge is 0.493 e. The SMILES string of the molecule is COC(=O)C1=C(N)OC2=C(C(=O)CCC2)[C@H]1c1cc(I)c(OCc2ccc(Cl)cc2Cl)c(OC)c1. The number of allylic oxidation sites excluding steroid dienone is 2. The smallest absolute Gasteiger partial charge is 0.340 e. The van der Waals surface area contributed by atoms with Crippen molar-refractivity contribution in [2.75, 3.05) is 14.2 Å². The summed E-state index contributed by atoms with van der Waals surface area (Å²) in [5.41, 5.74) is 8.04. The predicted molar refractivity (Wildman–Crippen MR) is 139 cm³/mol. The number of halogens is 3. The van der Waals surface area contributed by atoms with E-state index in [1.54, 1.807) is 24.3 Å². The van der Waals surface area contributed by atoms with Crippen LogP contribution in [0.4, 0.5) is 0 Å². The highest BCUT2D eigenvalue weighted by molar-refractivity contribution is 14.1. The average Bonchev–Trinajstić information content (AvgIpc) is 2.82. The molecule has 7 nitrogen and oxygen atoms in total. The molecule has 1 aliphatic carbocycles. The molecule has 0 saturated heterocycles. The van der Waals surface area contributed by atoms with Gasteiger partial charge >= 0.3 is 5.97 Å². The lowest BCUT2D eigenvalue weighted by Gasteiger charge is -2.32. The number of Topliss-reactive ketones (excluding diaryl/α,β-unsaturated/α-hetero) is 1. The molecule has 0 saturated carbocycles. The number of benzene rings is 2. The maximum Gasteiger partial charge on any atom is 0.340 e. The maximum atomic E-state index is 13.0. The van der Waals surface area contributed by atoms with Crippen molar-refractivity contribution in [2.45, 2.75) is 31.8 Å². The Morgan fingerprint density at radius 3 is 2.66 bits per heavy atom. The third-order valence-electron chi connectivity index (χ3n) is 5.86. The Kier molecular flexibility index (Phi) is 7.83. The summed E-state index contributed by atoms with van der Waals surface area (Å²) >= 11 is 14.4. The molecule has 0 fully saturated rings. The van der Waals surface area contributed by atoms with Crippen LogP contribution in [0.2, 0.25) is 10.0 Å². The van der Waals surface area contributed by atoms with Crippen LogP contribution in [0, 0.1) is 3.57 Å². The standard InChI is InChI=1S/C25H22Cl2INO6/c1-32-19-9-13(8-16(28)23(19)34-11-12-6-7-14(26)10-15(12)27)20-21-17(30)4-3-5-18(21)35-24(29)22(20)25(31)33-2/h6-10,20H,3-5,11,29H2,1-2H3/t20-/m1/s1. The summed E-state index contributed by atoms with van der Waals surface area (Å²) in [5.74, 6) is -0.153. The van der Waals surface area contributed by atoms with E-state index in [1.165, 1.54) is 14.2 Å². The van der Waals surface area contributed by atoms with Gasteiger partial charge in [0, 0.05) is 34.0 Å². The van der Waals surface area contributed by atoms with Gasteiger partial charge in [-0.15, -0.1) is 0 Å². The van der Waals surface area contributed by atoms with Gasteiger partial charge in [0.1, 0.15) is 17.9 Å². The van der Waals surface area contributed by atoms with Gasteiger partial charge in [-0.3, -0.25) is 4.79 Å². The number of carbonyl (C=O) groups is 2. The van der Waals surface area contributed by atoms with Gasteiger partial charge in [-0.05, 0) is 58.8 Å². The van der Waals surface area contributed by atoms with Gasteiger partial charge in [0.05, 0.1) is 23.7 Å². The topological polar surface area (TPSA) is 97.1 Å². The van der Waals surface area contributed by atoms with Crippen LogP contribution in [-0.4, -0.2) is 26.0 Å². The van der Waals surface area contributed by atoms with Crippen LogP contribution in [0.1, 0.15) is 36.3 Å². The molecular weight excluding hydrogens is 608 g/mol. The molecule has 0 aromatic heterocycles. The normalized spacial score (nSPS) is 17.6. The van der Waals surface area contributed by atoms with Crippen molar-refractivity contribution in [3.63, 3.8) is 0 Å². The van der Waals surface area contributed by atoms with Crippen molar-refractivity contribution in [3.8, 4) is 11.5 Å². The fourth-order valence-corrected chi connectivity index (χ4v) is 5.48. The second-order valence-corrected chi connectivity index (χ2v) is 9.98. The highest BCUT2D eigenvalue weighted by Crippen LogP contribution is 2.46. The molecule has 2 aliphatic rings. The summed E-state index contributed by atoms with van der Waals surface area (Å²) in [6.45, 7) is 0.188. The zero-order chi connectivity index (χ0) is 25.3. The molecule has 1 atom stereocenters. The lowest BCUT2D eigenvalue weighted by Crippen LogP contribution is -2.31. The van der Waals surface area contributed by atoms with Gasteiger partial charge in [-0.25, -0.2) is 4.79 Å². The van der Waals surface area contributed by atoms with Crippen molar-refractivity contribution in [2.24, 2.45) is 5.73 Å². The number of nitrogens with two attached hydrogens (primary N) is 1. The molecule has 10 heteroatoms. The van der Waals surface area contributed by atoms with Gasteiger partial charge < -0.3 is 24.7 Å². The Bertz CT molecular complexity index is 1270. The molecule has 0 spiro atoms. The molecular formula is C25H22Cl2INO6. The Balaban J connectivity index is 1.76. The zero-order valence-electron chi connectivity index (χ0n) is 19.0. The molecule has 2 aromatic carbocycles. The van der Waals surface area contributed by atoms with E-state index in [2.05, 4.69) is 22.6 Å². The number of carbonyl (C=O) groups excluding carboxylic acids is 2. The molecule has 2 aromatic rings. The molecule has 184 valence electrons. The van der Waals surface area contributed by atoms with E-state index in [9.17, 15) is 9.59 Å². The fraction of sp³-hybridized carbons (Fsp3) is 0.280. The van der Waals surface area contributed by atoms with Gasteiger partial charge in [0.25, 0.3) is 0 Å². The van der Waals surface area contributed by atoms with Gasteiger partial charge in [0.15, 0.2) is 17.3 Å². The van der Waals surface area contributed by atoms with Gasteiger partial charge in [-0.1, -0.05) is 29.3 Å². The number of esters is 1. The molecule has 0 radical (unpaired) electrons. The second kappa shape index (κ2) is 10.7. The number of methoxy groups -OCH3 is 2. The highest BCUT2D eigenvalue weighted by atomic mass is 127. The summed E-state index contributed by atoms with van der Waals surface area (Å²) < 4.78 is 23.1. The summed E-state index contributed by atoms with van der Waals surface area (Å²) in [4.78, 5) is 25.7. The third kappa shape index (κ3) is 5.10. The van der Waals surface area contributed by atoms with Crippen LogP contribution in [0.15, 0.2) is 53.1 Å². The number of ether oxygens (including phenoxy) is 4. The van der Waals surface area contributed by atoms with Crippen molar-refractivity contribution < 1.29 is 28.5 Å². The molecule has 1 heterocycles. The second-order valence-electron chi connectivity index (χ2n) is 7.98. The first-order chi connectivity index (χ1) is 16.7. The minimum Gasteiger partial charge on any atom is -0.493 e. The van der Waals surface area contributed by atoms with Crippen LogP contribution in [0.5, 0.6) is 11.5 Å². The monoisotopic (exact) mass is 629 g/mol. The quantitative estimate of drug-likeness (QED) is 0.326. The van der Waals surface area contributed by atoms with Crippen LogP contribution in [-0.2, 0) is 25.7 Å². The number of ketones is 1. The van der Waals surface area contributed by atoms with E-state index in [0.717, 1.165) is 5.56 Å². The van der Waals surface area contributed by atoms with Crippen molar-refractivity contribution in [1.29, 1.82) is 0 Å².